The number of benzene rings is 3. The predicted octanol–water partition coefficient (Wildman–Crippen LogP) is 6.83. The highest BCUT2D eigenvalue weighted by Gasteiger charge is 2.15. The average Bonchev–Trinajstić information content (AvgIpc) is 2.82. The predicted molar refractivity (Wildman–Crippen MR) is 132 cm³/mol. The Balaban J connectivity index is 1.69. The minimum atomic E-state index is 0.0265. The van der Waals surface area contributed by atoms with Gasteiger partial charge in [0.05, 0.1) is 10.0 Å². The van der Waals surface area contributed by atoms with Crippen LogP contribution in [0, 0.1) is 0 Å². The summed E-state index contributed by atoms with van der Waals surface area (Å²) in [6, 6.07) is 20.8. The Kier molecular flexibility index (Phi) is 6.58. The first-order valence-corrected chi connectivity index (χ1v) is 11.1. The van der Waals surface area contributed by atoms with Crippen LogP contribution in [-0.2, 0) is 0 Å². The third kappa shape index (κ3) is 4.40. The Bertz CT molecular complexity index is 1270. The molecule has 1 aromatic heterocycles. The van der Waals surface area contributed by atoms with Crippen molar-refractivity contribution >= 4 is 51.4 Å². The maximum Gasteiger partial charge on any atom is 0.253 e. The summed E-state index contributed by atoms with van der Waals surface area (Å²) >= 11 is 12.2. The largest absolute Gasteiger partial charge is 0.339 e. The maximum atomic E-state index is 12.6. The van der Waals surface area contributed by atoms with Gasteiger partial charge in [-0.2, -0.15) is 0 Å². The van der Waals surface area contributed by atoms with Gasteiger partial charge in [-0.1, -0.05) is 59.6 Å². The first-order chi connectivity index (χ1) is 15.5. The molecule has 32 heavy (non-hydrogen) atoms. The van der Waals surface area contributed by atoms with Crippen molar-refractivity contribution in [2.24, 2.45) is 0 Å². The van der Waals surface area contributed by atoms with Crippen molar-refractivity contribution in [3.63, 3.8) is 0 Å². The van der Waals surface area contributed by atoms with E-state index >= 15 is 0 Å². The first kappa shape index (κ1) is 22.1. The van der Waals surface area contributed by atoms with E-state index in [-0.39, 0.29) is 5.91 Å². The van der Waals surface area contributed by atoms with Crippen molar-refractivity contribution in [2.75, 3.05) is 18.4 Å². The second kappa shape index (κ2) is 9.55. The molecule has 4 rings (SSSR count). The number of hydrogen-bond donors (Lipinski definition) is 1. The number of nitrogens with one attached hydrogen (secondary N) is 1. The van der Waals surface area contributed by atoms with Gasteiger partial charge in [0, 0.05) is 40.7 Å². The zero-order valence-electron chi connectivity index (χ0n) is 17.8. The number of aromatic nitrogens is 2. The number of carbonyl (C=O) groups excluding carboxylic acids is 1. The molecule has 0 bridgehead atoms. The highest BCUT2D eigenvalue weighted by atomic mass is 35.5. The summed E-state index contributed by atoms with van der Waals surface area (Å²) < 4.78 is 0. The van der Waals surface area contributed by atoms with Crippen LogP contribution in [0.4, 0.5) is 11.5 Å². The number of fused-ring (bicyclic) bond motifs is 1. The molecule has 0 unspecified atom stereocenters. The molecule has 0 saturated carbocycles. The van der Waals surface area contributed by atoms with Gasteiger partial charge in [0.2, 0.25) is 0 Å². The molecule has 1 N–H and O–H groups in total. The summed E-state index contributed by atoms with van der Waals surface area (Å²) in [4.78, 5) is 14.4. The first-order valence-electron chi connectivity index (χ1n) is 10.4. The smallest absolute Gasteiger partial charge is 0.253 e. The highest BCUT2D eigenvalue weighted by Crippen LogP contribution is 2.32. The minimum absolute atomic E-state index is 0.0265. The lowest BCUT2D eigenvalue weighted by Crippen LogP contribution is -2.30. The summed E-state index contributed by atoms with van der Waals surface area (Å²) in [6.07, 6.45) is 0. The molecular weight excluding hydrogens is 443 g/mol. The second-order valence-electron chi connectivity index (χ2n) is 7.25. The standard InChI is InChI=1S/C25H22Cl2N4O/c1-3-31(4-2)25(32)17-11-9-16(10-12-17)23-19-7-5-6-8-20(19)24(30-29-23)28-18-13-14-21(26)22(27)15-18/h5-15H,3-4H2,1-2H3,(H,28,30). The molecule has 0 atom stereocenters. The van der Waals surface area contributed by atoms with Crippen molar-refractivity contribution in [3.05, 3.63) is 82.3 Å². The summed E-state index contributed by atoms with van der Waals surface area (Å²) in [6.45, 7) is 5.32. The molecule has 0 aliphatic heterocycles. The van der Waals surface area contributed by atoms with E-state index in [1.807, 2.05) is 68.4 Å². The quantitative estimate of drug-likeness (QED) is 0.339. The molecular formula is C25H22Cl2N4O. The van der Waals surface area contributed by atoms with E-state index < -0.39 is 0 Å². The van der Waals surface area contributed by atoms with Gasteiger partial charge in [-0.25, -0.2) is 0 Å². The zero-order chi connectivity index (χ0) is 22.7. The molecule has 7 heteroatoms. The summed E-state index contributed by atoms with van der Waals surface area (Å²) in [5, 5.41) is 15.0. The van der Waals surface area contributed by atoms with Crippen LogP contribution in [0.15, 0.2) is 66.7 Å². The van der Waals surface area contributed by atoms with Gasteiger partial charge in [-0.05, 0) is 44.2 Å². The summed E-state index contributed by atoms with van der Waals surface area (Å²) in [7, 11) is 0. The fourth-order valence-corrected chi connectivity index (χ4v) is 3.88. The van der Waals surface area contributed by atoms with Gasteiger partial charge in [0.15, 0.2) is 5.82 Å². The fraction of sp³-hybridized carbons (Fsp3) is 0.160. The summed E-state index contributed by atoms with van der Waals surface area (Å²) in [5.41, 5.74) is 3.08. The molecule has 1 amide bonds. The lowest BCUT2D eigenvalue weighted by Gasteiger charge is -2.18. The van der Waals surface area contributed by atoms with E-state index in [0.29, 0.717) is 34.5 Å². The van der Waals surface area contributed by atoms with Crippen molar-refractivity contribution in [1.29, 1.82) is 0 Å². The van der Waals surface area contributed by atoms with Gasteiger partial charge >= 0.3 is 0 Å². The van der Waals surface area contributed by atoms with Crippen molar-refractivity contribution in [3.8, 4) is 11.3 Å². The van der Waals surface area contributed by atoms with E-state index in [1.54, 1.807) is 17.0 Å². The van der Waals surface area contributed by atoms with Crippen molar-refractivity contribution in [2.45, 2.75) is 13.8 Å². The van der Waals surface area contributed by atoms with E-state index in [9.17, 15) is 4.79 Å². The van der Waals surface area contributed by atoms with Crippen LogP contribution in [0.5, 0.6) is 0 Å². The lowest BCUT2D eigenvalue weighted by molar-refractivity contribution is 0.0773. The number of anilines is 2. The minimum Gasteiger partial charge on any atom is -0.339 e. The molecule has 0 aliphatic carbocycles. The maximum absolute atomic E-state index is 12.6. The van der Waals surface area contributed by atoms with Gasteiger partial charge in [-0.3, -0.25) is 4.79 Å². The summed E-state index contributed by atoms with van der Waals surface area (Å²) in [5.74, 6) is 0.648. The Morgan fingerprint density at radius 2 is 1.56 bits per heavy atom. The monoisotopic (exact) mass is 464 g/mol. The molecule has 4 aromatic rings. The van der Waals surface area contributed by atoms with Gasteiger partial charge in [0.25, 0.3) is 5.91 Å². The van der Waals surface area contributed by atoms with Crippen LogP contribution < -0.4 is 5.32 Å². The average molecular weight is 465 g/mol. The number of carbonyl (C=O) groups is 1. The van der Waals surface area contributed by atoms with Crippen LogP contribution in [0.25, 0.3) is 22.0 Å². The van der Waals surface area contributed by atoms with Crippen molar-refractivity contribution in [1.82, 2.24) is 15.1 Å². The topological polar surface area (TPSA) is 58.1 Å². The second-order valence-corrected chi connectivity index (χ2v) is 8.07. The van der Waals surface area contributed by atoms with E-state index in [4.69, 9.17) is 23.2 Å². The molecule has 0 saturated heterocycles. The van der Waals surface area contributed by atoms with Gasteiger partial charge in [-0.15, -0.1) is 10.2 Å². The number of amides is 1. The molecule has 0 radical (unpaired) electrons. The van der Waals surface area contributed by atoms with Crippen LogP contribution in [0.2, 0.25) is 10.0 Å². The fourth-order valence-electron chi connectivity index (χ4n) is 3.58. The molecule has 5 nitrogen and oxygen atoms in total. The molecule has 3 aromatic carbocycles. The van der Waals surface area contributed by atoms with Crippen LogP contribution in [0.1, 0.15) is 24.2 Å². The lowest BCUT2D eigenvalue weighted by atomic mass is 10.0. The number of nitrogens with zero attached hydrogens (tertiary/aromatic N) is 3. The number of hydrogen-bond acceptors (Lipinski definition) is 4. The van der Waals surface area contributed by atoms with Crippen LogP contribution in [0.3, 0.4) is 0 Å². The Morgan fingerprint density at radius 3 is 2.22 bits per heavy atom. The highest BCUT2D eigenvalue weighted by molar-refractivity contribution is 6.42. The Morgan fingerprint density at radius 1 is 0.875 bits per heavy atom. The van der Waals surface area contributed by atoms with Crippen molar-refractivity contribution < 1.29 is 4.79 Å². The van der Waals surface area contributed by atoms with E-state index in [1.165, 1.54) is 0 Å². The normalized spacial score (nSPS) is 10.9. The Labute approximate surface area is 197 Å². The van der Waals surface area contributed by atoms with Crippen LogP contribution in [-0.4, -0.2) is 34.1 Å². The van der Waals surface area contributed by atoms with E-state index in [0.717, 1.165) is 27.7 Å². The SMILES string of the molecule is CCN(CC)C(=O)c1ccc(-c2nnc(Nc3ccc(Cl)c(Cl)c3)c3ccccc23)cc1. The third-order valence-electron chi connectivity index (χ3n) is 5.33. The third-order valence-corrected chi connectivity index (χ3v) is 6.06. The van der Waals surface area contributed by atoms with Gasteiger partial charge in [0.1, 0.15) is 5.69 Å². The molecule has 0 aliphatic rings. The Hall–Kier alpha value is -3.15. The van der Waals surface area contributed by atoms with Gasteiger partial charge < -0.3 is 10.2 Å². The van der Waals surface area contributed by atoms with Crippen LogP contribution >= 0.6 is 23.2 Å². The molecule has 0 spiro atoms. The zero-order valence-corrected chi connectivity index (χ0v) is 19.3. The molecule has 162 valence electrons. The number of halogens is 2. The number of rotatable bonds is 6. The molecule has 0 fully saturated rings. The molecule has 1 heterocycles. The van der Waals surface area contributed by atoms with E-state index in [2.05, 4.69) is 15.5 Å².